The number of nitrogens with two attached hydrogens (primary N) is 1. The molecule has 0 radical (unpaired) electrons. The van der Waals surface area contributed by atoms with Crippen molar-refractivity contribution in [3.8, 4) is 0 Å². The van der Waals surface area contributed by atoms with Crippen molar-refractivity contribution < 1.29 is 13.2 Å². The van der Waals surface area contributed by atoms with Crippen LogP contribution in [0.25, 0.3) is 0 Å². The van der Waals surface area contributed by atoms with Crippen molar-refractivity contribution in [2.45, 2.75) is 18.2 Å². The summed E-state index contributed by atoms with van der Waals surface area (Å²) in [6.07, 6.45) is 0.852. The van der Waals surface area contributed by atoms with Gasteiger partial charge >= 0.3 is 0 Å². The van der Waals surface area contributed by atoms with Gasteiger partial charge in [-0.15, -0.1) is 0 Å². The molecular weight excluding hydrogens is 302 g/mol. The molecule has 0 spiro atoms. The Morgan fingerprint density at radius 2 is 2.00 bits per heavy atom. The Balaban J connectivity index is 2.03. The molecule has 2 rings (SSSR count). The van der Waals surface area contributed by atoms with Gasteiger partial charge < -0.3 is 10.6 Å². The number of amides is 1. The number of carbonyl (C=O) groups is 1. The summed E-state index contributed by atoms with van der Waals surface area (Å²) in [6.45, 7) is 3.63. The summed E-state index contributed by atoms with van der Waals surface area (Å²) in [5.41, 5.74) is 5.67. The van der Waals surface area contributed by atoms with Gasteiger partial charge in [0.2, 0.25) is 15.9 Å². The molecule has 7 heteroatoms. The van der Waals surface area contributed by atoms with Crippen LogP contribution in [0.3, 0.4) is 0 Å². The van der Waals surface area contributed by atoms with Crippen LogP contribution < -0.4 is 5.73 Å². The maximum Gasteiger partial charge on any atom is 0.243 e. The van der Waals surface area contributed by atoms with Crippen molar-refractivity contribution in [1.82, 2.24) is 9.21 Å². The molecule has 0 bridgehead atoms. The molecule has 0 aromatic heterocycles. The van der Waals surface area contributed by atoms with Gasteiger partial charge in [-0.2, -0.15) is 4.31 Å². The molecule has 1 heterocycles. The molecule has 22 heavy (non-hydrogen) atoms. The molecule has 122 valence electrons. The third-order valence-electron chi connectivity index (χ3n) is 4.21. The normalized spacial score (nSPS) is 22.3. The second kappa shape index (κ2) is 6.36. The van der Waals surface area contributed by atoms with E-state index < -0.39 is 10.0 Å². The van der Waals surface area contributed by atoms with Crippen LogP contribution in [0.2, 0.25) is 0 Å². The molecule has 1 aromatic carbocycles. The third kappa shape index (κ3) is 3.48. The summed E-state index contributed by atoms with van der Waals surface area (Å²) in [5.74, 6) is -0.181. The molecule has 0 saturated carbocycles. The number of likely N-dealkylation sites (tertiary alicyclic amines) is 1. The predicted octanol–water partition coefficient (Wildman–Crippen LogP) is 0.504. The van der Waals surface area contributed by atoms with Gasteiger partial charge in [0.15, 0.2) is 0 Å². The number of sulfonamides is 1. The summed E-state index contributed by atoms with van der Waals surface area (Å²) >= 11 is 0. The molecule has 1 aliphatic heterocycles. The highest BCUT2D eigenvalue weighted by Crippen LogP contribution is 2.28. The number of carbonyl (C=O) groups excluding carboxylic acids is 1. The van der Waals surface area contributed by atoms with Gasteiger partial charge in [-0.3, -0.25) is 4.79 Å². The first-order valence-electron chi connectivity index (χ1n) is 7.28. The maximum absolute atomic E-state index is 12.4. The summed E-state index contributed by atoms with van der Waals surface area (Å²) in [6, 6.07) is 8.13. The van der Waals surface area contributed by atoms with Crippen LogP contribution in [0.15, 0.2) is 35.2 Å². The van der Waals surface area contributed by atoms with E-state index in [0.29, 0.717) is 19.6 Å². The lowest BCUT2D eigenvalue weighted by Gasteiger charge is -2.24. The van der Waals surface area contributed by atoms with Crippen molar-refractivity contribution in [2.75, 3.05) is 33.2 Å². The number of rotatable bonds is 5. The minimum atomic E-state index is -3.64. The Bertz CT molecular complexity index is 633. The van der Waals surface area contributed by atoms with Gasteiger partial charge in [0.05, 0.1) is 11.4 Å². The van der Waals surface area contributed by atoms with Crippen molar-refractivity contribution in [2.24, 2.45) is 11.1 Å². The minimum absolute atomic E-state index is 0.0630. The molecule has 1 atom stereocenters. The van der Waals surface area contributed by atoms with E-state index in [-0.39, 0.29) is 22.8 Å². The zero-order chi connectivity index (χ0) is 16.4. The Kier molecular flexibility index (Phi) is 4.89. The molecular formula is C15H23N3O3S. The fourth-order valence-corrected chi connectivity index (χ4v) is 3.69. The molecule has 1 unspecified atom stereocenters. The molecule has 1 aromatic rings. The Morgan fingerprint density at radius 1 is 1.36 bits per heavy atom. The summed E-state index contributed by atoms with van der Waals surface area (Å²) in [5, 5.41) is 0. The highest BCUT2D eigenvalue weighted by Gasteiger charge is 2.35. The average Bonchev–Trinajstić information content (AvgIpc) is 2.91. The van der Waals surface area contributed by atoms with Gasteiger partial charge in [0.25, 0.3) is 0 Å². The van der Waals surface area contributed by atoms with E-state index in [9.17, 15) is 13.2 Å². The SMILES string of the molecule is CN(CC(=O)N1CCC(C)(CN)C1)S(=O)(=O)c1ccccc1. The summed E-state index contributed by atoms with van der Waals surface area (Å²) < 4.78 is 25.9. The largest absolute Gasteiger partial charge is 0.341 e. The van der Waals surface area contributed by atoms with Crippen LogP contribution in [0.1, 0.15) is 13.3 Å². The summed E-state index contributed by atoms with van der Waals surface area (Å²) in [7, 11) is -2.21. The van der Waals surface area contributed by atoms with Gasteiger partial charge in [0, 0.05) is 20.1 Å². The lowest BCUT2D eigenvalue weighted by Crippen LogP contribution is -2.41. The van der Waals surface area contributed by atoms with Crippen LogP contribution in [0, 0.1) is 5.41 Å². The zero-order valence-electron chi connectivity index (χ0n) is 13.0. The van der Waals surface area contributed by atoms with E-state index in [0.717, 1.165) is 10.7 Å². The summed E-state index contributed by atoms with van der Waals surface area (Å²) in [4.78, 5) is 14.2. The number of nitrogens with zero attached hydrogens (tertiary/aromatic N) is 2. The van der Waals surface area contributed by atoms with Crippen molar-refractivity contribution >= 4 is 15.9 Å². The van der Waals surface area contributed by atoms with Crippen molar-refractivity contribution in [3.05, 3.63) is 30.3 Å². The number of likely N-dealkylation sites (N-methyl/N-ethyl adjacent to an activating group) is 1. The third-order valence-corrected chi connectivity index (χ3v) is 6.03. The van der Waals surface area contributed by atoms with Crippen molar-refractivity contribution in [3.63, 3.8) is 0 Å². The Hall–Kier alpha value is -1.44. The average molecular weight is 325 g/mol. The monoisotopic (exact) mass is 325 g/mol. The fourth-order valence-electron chi connectivity index (χ4n) is 2.55. The maximum atomic E-state index is 12.4. The molecule has 0 aliphatic carbocycles. The number of hydrogen-bond donors (Lipinski definition) is 1. The molecule has 1 amide bonds. The van der Waals surface area contributed by atoms with Gasteiger partial charge in [-0.25, -0.2) is 8.42 Å². The molecule has 6 nitrogen and oxygen atoms in total. The van der Waals surface area contributed by atoms with Gasteiger partial charge in [0.1, 0.15) is 0 Å². The van der Waals surface area contributed by atoms with Crippen LogP contribution in [0.5, 0.6) is 0 Å². The standard InChI is InChI=1S/C15H23N3O3S/c1-15(11-16)8-9-18(12-15)14(19)10-17(2)22(20,21)13-6-4-3-5-7-13/h3-7H,8-12,16H2,1-2H3. The first kappa shape index (κ1) is 16.9. The first-order valence-corrected chi connectivity index (χ1v) is 8.72. The lowest BCUT2D eigenvalue weighted by molar-refractivity contribution is -0.130. The van der Waals surface area contributed by atoms with E-state index >= 15 is 0 Å². The first-order chi connectivity index (χ1) is 10.3. The zero-order valence-corrected chi connectivity index (χ0v) is 13.8. The lowest BCUT2D eigenvalue weighted by atomic mass is 9.90. The van der Waals surface area contributed by atoms with Crippen LogP contribution in [-0.2, 0) is 14.8 Å². The number of hydrogen-bond acceptors (Lipinski definition) is 4. The second-order valence-corrected chi connectivity index (χ2v) is 8.20. The highest BCUT2D eigenvalue weighted by atomic mass is 32.2. The topological polar surface area (TPSA) is 83.7 Å². The quantitative estimate of drug-likeness (QED) is 0.855. The van der Waals surface area contributed by atoms with E-state index in [1.165, 1.54) is 19.2 Å². The fraction of sp³-hybridized carbons (Fsp3) is 0.533. The molecule has 1 aliphatic rings. The highest BCUT2D eigenvalue weighted by molar-refractivity contribution is 7.89. The minimum Gasteiger partial charge on any atom is -0.341 e. The predicted molar refractivity (Wildman–Crippen MR) is 84.6 cm³/mol. The van der Waals surface area contributed by atoms with E-state index in [1.54, 1.807) is 23.1 Å². The van der Waals surface area contributed by atoms with Gasteiger partial charge in [-0.05, 0) is 30.5 Å². The molecule has 1 saturated heterocycles. The van der Waals surface area contributed by atoms with E-state index in [2.05, 4.69) is 0 Å². The Morgan fingerprint density at radius 3 is 2.55 bits per heavy atom. The molecule has 2 N–H and O–H groups in total. The Labute approximate surface area is 131 Å². The second-order valence-electron chi connectivity index (χ2n) is 6.15. The van der Waals surface area contributed by atoms with Crippen LogP contribution in [0.4, 0.5) is 0 Å². The smallest absolute Gasteiger partial charge is 0.243 e. The van der Waals surface area contributed by atoms with Crippen LogP contribution in [-0.4, -0.2) is 56.8 Å². The molecule has 1 fully saturated rings. The van der Waals surface area contributed by atoms with Crippen molar-refractivity contribution in [1.29, 1.82) is 0 Å². The van der Waals surface area contributed by atoms with Gasteiger partial charge in [-0.1, -0.05) is 25.1 Å². The number of benzene rings is 1. The van der Waals surface area contributed by atoms with E-state index in [1.807, 2.05) is 6.92 Å². The van der Waals surface area contributed by atoms with E-state index in [4.69, 9.17) is 5.73 Å². The van der Waals surface area contributed by atoms with Crippen LogP contribution >= 0.6 is 0 Å².